The van der Waals surface area contributed by atoms with Gasteiger partial charge in [0.15, 0.2) is 0 Å². The molecule has 0 saturated carbocycles. The molecule has 0 aliphatic carbocycles. The minimum absolute atomic E-state index is 0.00585. The molecule has 0 radical (unpaired) electrons. The van der Waals surface area contributed by atoms with Crippen LogP contribution in [0.15, 0.2) is 18.2 Å². The molecule has 1 aromatic carbocycles. The third kappa shape index (κ3) is 7.70. The number of hydrogen-bond acceptors (Lipinski definition) is 3. The lowest BCUT2D eigenvalue weighted by atomic mass is 10.0. The molecule has 5 nitrogen and oxygen atoms in total. The first-order valence-corrected chi connectivity index (χ1v) is 9.93. The van der Waals surface area contributed by atoms with Gasteiger partial charge in [-0.3, -0.25) is 9.52 Å². The number of sulfonamides is 1. The lowest BCUT2D eigenvalue weighted by Crippen LogP contribution is -2.33. The van der Waals surface area contributed by atoms with Gasteiger partial charge in [-0.05, 0) is 37.5 Å². The maximum atomic E-state index is 12.4. The highest BCUT2D eigenvalue weighted by Gasteiger charge is 2.16. The first kappa shape index (κ1) is 19.8. The van der Waals surface area contributed by atoms with E-state index in [1.165, 1.54) is 18.2 Å². The molecule has 0 fully saturated rings. The lowest BCUT2D eigenvalue weighted by molar-refractivity contribution is 0.0938. The van der Waals surface area contributed by atoms with Gasteiger partial charge in [-0.1, -0.05) is 38.3 Å². The first-order valence-electron chi connectivity index (χ1n) is 7.66. The maximum Gasteiger partial charge on any atom is 0.253 e. The Kier molecular flexibility index (Phi) is 7.35. The summed E-state index contributed by atoms with van der Waals surface area (Å²) in [6.45, 7) is 6.27. The summed E-state index contributed by atoms with van der Waals surface area (Å²) >= 11 is 5.93. The maximum absolute atomic E-state index is 12.4. The molecule has 0 aliphatic rings. The molecule has 7 heteroatoms. The van der Waals surface area contributed by atoms with E-state index in [9.17, 15) is 13.2 Å². The molecular weight excluding hydrogens is 336 g/mol. The fourth-order valence-corrected chi connectivity index (χ4v) is 2.95. The smallest absolute Gasteiger partial charge is 0.253 e. The molecular formula is C16H25ClN2O3S. The van der Waals surface area contributed by atoms with Gasteiger partial charge in [0.25, 0.3) is 5.91 Å². The van der Waals surface area contributed by atoms with Crippen LogP contribution >= 0.6 is 11.6 Å². The van der Waals surface area contributed by atoms with Gasteiger partial charge in [0.1, 0.15) is 0 Å². The number of hydrogen-bond donors (Lipinski definition) is 2. The Hall–Kier alpha value is -1.27. The molecule has 0 aliphatic heterocycles. The standard InChI is InChI=1S/C16H25ClN2O3S/c1-11(2)6-5-7-12(3)18-16(20)14-10-13(17)8-9-15(14)19-23(4,21)22/h8-12,19H,5-7H2,1-4H3,(H,18,20). The quantitative estimate of drug-likeness (QED) is 0.742. The number of benzene rings is 1. The van der Waals surface area contributed by atoms with E-state index >= 15 is 0 Å². The molecule has 0 saturated heterocycles. The van der Waals surface area contributed by atoms with Gasteiger partial charge in [-0.15, -0.1) is 0 Å². The molecule has 1 unspecified atom stereocenters. The van der Waals surface area contributed by atoms with Crippen molar-refractivity contribution in [3.05, 3.63) is 28.8 Å². The summed E-state index contributed by atoms with van der Waals surface area (Å²) in [7, 11) is -3.47. The van der Waals surface area contributed by atoms with Crippen molar-refractivity contribution in [1.29, 1.82) is 0 Å². The number of carbonyl (C=O) groups excluding carboxylic acids is 1. The zero-order valence-electron chi connectivity index (χ0n) is 14.0. The first-order chi connectivity index (χ1) is 10.6. The average molecular weight is 361 g/mol. The predicted octanol–water partition coefficient (Wildman–Crippen LogP) is 3.66. The van der Waals surface area contributed by atoms with Gasteiger partial charge in [-0.2, -0.15) is 0 Å². The molecule has 0 heterocycles. The second-order valence-corrected chi connectivity index (χ2v) is 8.45. The zero-order chi connectivity index (χ0) is 17.6. The van der Waals surface area contributed by atoms with Crippen LogP contribution in [-0.4, -0.2) is 26.6 Å². The fourth-order valence-electron chi connectivity index (χ4n) is 2.20. The zero-order valence-corrected chi connectivity index (χ0v) is 15.6. The minimum Gasteiger partial charge on any atom is -0.350 e. The number of halogens is 1. The Morgan fingerprint density at radius 1 is 1.22 bits per heavy atom. The van der Waals surface area contributed by atoms with Crippen molar-refractivity contribution >= 4 is 33.2 Å². The summed E-state index contributed by atoms with van der Waals surface area (Å²) in [4.78, 5) is 12.4. The molecule has 130 valence electrons. The Labute approximate surface area is 143 Å². The minimum atomic E-state index is -3.47. The highest BCUT2D eigenvalue weighted by Crippen LogP contribution is 2.22. The van der Waals surface area contributed by atoms with E-state index in [2.05, 4.69) is 23.9 Å². The van der Waals surface area contributed by atoms with Crippen molar-refractivity contribution in [2.24, 2.45) is 5.92 Å². The third-order valence-electron chi connectivity index (χ3n) is 3.32. The number of amides is 1. The second-order valence-electron chi connectivity index (χ2n) is 6.26. The topological polar surface area (TPSA) is 75.3 Å². The van der Waals surface area contributed by atoms with Crippen LogP contribution in [0.2, 0.25) is 5.02 Å². The summed E-state index contributed by atoms with van der Waals surface area (Å²) in [5.74, 6) is 0.298. The molecule has 0 bridgehead atoms. The van der Waals surface area contributed by atoms with Gasteiger partial charge in [-0.25, -0.2) is 8.42 Å². The number of rotatable bonds is 8. The summed E-state index contributed by atoms with van der Waals surface area (Å²) in [5, 5.41) is 3.27. The normalized spacial score (nSPS) is 13.0. The summed E-state index contributed by atoms with van der Waals surface area (Å²) in [6.07, 6.45) is 4.05. The molecule has 1 rings (SSSR count). The molecule has 0 spiro atoms. The third-order valence-corrected chi connectivity index (χ3v) is 4.14. The Morgan fingerprint density at radius 3 is 2.43 bits per heavy atom. The summed E-state index contributed by atoms with van der Waals surface area (Å²) in [5.41, 5.74) is 0.447. The van der Waals surface area contributed by atoms with Crippen LogP contribution in [0.4, 0.5) is 5.69 Å². The molecule has 1 aromatic rings. The van der Waals surface area contributed by atoms with Gasteiger partial charge < -0.3 is 5.32 Å². The predicted molar refractivity (Wildman–Crippen MR) is 95.5 cm³/mol. The molecule has 1 amide bonds. The second kappa shape index (κ2) is 8.55. The van der Waals surface area contributed by atoms with Crippen molar-refractivity contribution in [1.82, 2.24) is 5.32 Å². The summed E-state index contributed by atoms with van der Waals surface area (Å²) in [6, 6.07) is 4.50. The van der Waals surface area contributed by atoms with Crippen LogP contribution in [0.5, 0.6) is 0 Å². The van der Waals surface area contributed by atoms with Crippen molar-refractivity contribution in [2.75, 3.05) is 11.0 Å². The SMILES string of the molecule is CC(C)CCCC(C)NC(=O)c1cc(Cl)ccc1NS(C)(=O)=O. The Morgan fingerprint density at radius 2 is 1.87 bits per heavy atom. The fraction of sp³-hybridized carbons (Fsp3) is 0.562. The Bertz CT molecular complexity index is 645. The van der Waals surface area contributed by atoms with Crippen LogP contribution in [0.3, 0.4) is 0 Å². The van der Waals surface area contributed by atoms with E-state index in [1.807, 2.05) is 6.92 Å². The van der Waals surface area contributed by atoms with E-state index < -0.39 is 10.0 Å². The van der Waals surface area contributed by atoms with Crippen LogP contribution in [0, 0.1) is 5.92 Å². The molecule has 2 N–H and O–H groups in total. The van der Waals surface area contributed by atoms with E-state index in [-0.39, 0.29) is 23.2 Å². The van der Waals surface area contributed by atoms with Crippen molar-refractivity contribution < 1.29 is 13.2 Å². The lowest BCUT2D eigenvalue weighted by Gasteiger charge is -2.16. The largest absolute Gasteiger partial charge is 0.350 e. The highest BCUT2D eigenvalue weighted by molar-refractivity contribution is 7.92. The van der Waals surface area contributed by atoms with Crippen molar-refractivity contribution in [2.45, 2.75) is 46.1 Å². The van der Waals surface area contributed by atoms with Crippen LogP contribution in [0.1, 0.15) is 50.4 Å². The van der Waals surface area contributed by atoms with Crippen LogP contribution < -0.4 is 10.0 Å². The molecule has 23 heavy (non-hydrogen) atoms. The van der Waals surface area contributed by atoms with Gasteiger partial charge in [0.05, 0.1) is 17.5 Å². The van der Waals surface area contributed by atoms with Crippen molar-refractivity contribution in [3.63, 3.8) is 0 Å². The van der Waals surface area contributed by atoms with E-state index in [0.29, 0.717) is 10.9 Å². The van der Waals surface area contributed by atoms with Gasteiger partial charge in [0, 0.05) is 11.1 Å². The monoisotopic (exact) mass is 360 g/mol. The van der Waals surface area contributed by atoms with Crippen LogP contribution in [-0.2, 0) is 10.0 Å². The highest BCUT2D eigenvalue weighted by atomic mass is 35.5. The Balaban J connectivity index is 2.80. The van der Waals surface area contributed by atoms with Crippen LogP contribution in [0.25, 0.3) is 0 Å². The van der Waals surface area contributed by atoms with E-state index in [4.69, 9.17) is 11.6 Å². The van der Waals surface area contributed by atoms with Crippen molar-refractivity contribution in [3.8, 4) is 0 Å². The molecule has 0 aromatic heterocycles. The number of anilines is 1. The van der Waals surface area contributed by atoms with E-state index in [0.717, 1.165) is 25.5 Å². The number of nitrogens with one attached hydrogen (secondary N) is 2. The number of carbonyl (C=O) groups is 1. The molecule has 1 atom stereocenters. The average Bonchev–Trinajstić information content (AvgIpc) is 2.38. The van der Waals surface area contributed by atoms with E-state index in [1.54, 1.807) is 0 Å². The summed E-state index contributed by atoms with van der Waals surface area (Å²) < 4.78 is 25.2. The van der Waals surface area contributed by atoms with Gasteiger partial charge >= 0.3 is 0 Å². The van der Waals surface area contributed by atoms with Gasteiger partial charge in [0.2, 0.25) is 10.0 Å².